The second kappa shape index (κ2) is 7.69. The molecule has 0 saturated carbocycles. The summed E-state index contributed by atoms with van der Waals surface area (Å²) >= 11 is 0. The summed E-state index contributed by atoms with van der Waals surface area (Å²) < 4.78 is 26.8. The molecule has 28 heavy (non-hydrogen) atoms. The number of aromatic amines is 1. The molecule has 1 saturated heterocycles. The molecule has 148 valence electrons. The third kappa shape index (κ3) is 3.76. The number of methoxy groups -OCH3 is 1. The number of aromatic nitrogens is 4. The number of rotatable bonds is 6. The van der Waals surface area contributed by atoms with E-state index in [-0.39, 0.29) is 6.61 Å². The molecule has 0 spiro atoms. The van der Waals surface area contributed by atoms with E-state index < -0.39 is 18.2 Å². The van der Waals surface area contributed by atoms with Crippen molar-refractivity contribution in [1.29, 1.82) is 0 Å². The number of aryl methyl sites for hydroxylation is 1. The first-order valence-electron chi connectivity index (χ1n) is 9.04. The number of hydrogen-bond donors (Lipinski definition) is 1. The van der Waals surface area contributed by atoms with Crippen LogP contribution in [0.25, 0.3) is 11.0 Å². The Balaban J connectivity index is 1.37. The molecule has 1 aliphatic rings. The molecule has 1 aliphatic heterocycles. The highest BCUT2D eigenvalue weighted by molar-refractivity contribution is 5.93. The maximum atomic E-state index is 14.4. The molecule has 0 radical (unpaired) electrons. The van der Waals surface area contributed by atoms with E-state index >= 15 is 0 Å². The number of esters is 1. The molecular formula is C19H22FN5O3. The molecule has 1 fully saturated rings. The number of fused-ring (bicyclic) bond motifs is 1. The summed E-state index contributed by atoms with van der Waals surface area (Å²) in [6, 6.07) is 5.08. The molecule has 9 heteroatoms. The number of carbonyl (C=O) groups excluding carboxylic acids is 1. The molecule has 2 aromatic heterocycles. The van der Waals surface area contributed by atoms with Gasteiger partial charge in [-0.3, -0.25) is 4.90 Å². The van der Waals surface area contributed by atoms with Crippen molar-refractivity contribution in [3.05, 3.63) is 47.8 Å². The van der Waals surface area contributed by atoms with Gasteiger partial charge in [0.05, 0.1) is 30.3 Å². The Morgan fingerprint density at radius 1 is 1.39 bits per heavy atom. The molecule has 2 atom stereocenters. The molecule has 4 rings (SSSR count). The Bertz CT molecular complexity index is 985. The van der Waals surface area contributed by atoms with E-state index in [2.05, 4.69) is 15.0 Å². The second-order valence-corrected chi connectivity index (χ2v) is 6.92. The zero-order chi connectivity index (χ0) is 19.7. The van der Waals surface area contributed by atoms with Gasteiger partial charge in [-0.15, -0.1) is 0 Å². The highest BCUT2D eigenvalue weighted by Crippen LogP contribution is 2.21. The largest absolute Gasteiger partial charge is 0.465 e. The van der Waals surface area contributed by atoms with Gasteiger partial charge in [0.2, 0.25) is 0 Å². The molecule has 0 aliphatic carbocycles. The van der Waals surface area contributed by atoms with Crippen LogP contribution in [0.4, 0.5) is 4.39 Å². The minimum absolute atomic E-state index is 0.170. The number of nitrogens with one attached hydrogen (secondary N) is 1. The molecular weight excluding hydrogens is 365 g/mol. The van der Waals surface area contributed by atoms with E-state index in [1.807, 2.05) is 22.7 Å². The van der Waals surface area contributed by atoms with Gasteiger partial charge in [0.15, 0.2) is 0 Å². The van der Waals surface area contributed by atoms with E-state index in [0.717, 1.165) is 5.82 Å². The summed E-state index contributed by atoms with van der Waals surface area (Å²) in [7, 11) is 3.26. The zero-order valence-electron chi connectivity index (χ0n) is 15.8. The van der Waals surface area contributed by atoms with Crippen molar-refractivity contribution >= 4 is 17.0 Å². The van der Waals surface area contributed by atoms with Crippen molar-refractivity contribution < 1.29 is 18.7 Å². The van der Waals surface area contributed by atoms with Crippen molar-refractivity contribution in [2.75, 3.05) is 20.2 Å². The average molecular weight is 387 g/mol. The summed E-state index contributed by atoms with van der Waals surface area (Å²) in [6.45, 7) is 1.58. The highest BCUT2D eigenvalue weighted by atomic mass is 19.1. The number of hydrogen-bond acceptors (Lipinski definition) is 6. The van der Waals surface area contributed by atoms with Gasteiger partial charge in [-0.25, -0.2) is 19.2 Å². The molecule has 0 amide bonds. The molecule has 8 nitrogen and oxygen atoms in total. The molecule has 3 aromatic rings. The number of nitrogens with zero attached hydrogens (tertiary/aromatic N) is 4. The van der Waals surface area contributed by atoms with Crippen LogP contribution in [-0.2, 0) is 29.7 Å². The minimum Gasteiger partial charge on any atom is -0.465 e. The number of benzene rings is 1. The first-order valence-corrected chi connectivity index (χ1v) is 9.04. The van der Waals surface area contributed by atoms with Gasteiger partial charge < -0.3 is 19.0 Å². The van der Waals surface area contributed by atoms with Crippen LogP contribution in [-0.4, -0.2) is 62.9 Å². The van der Waals surface area contributed by atoms with Gasteiger partial charge in [-0.05, 0) is 18.2 Å². The van der Waals surface area contributed by atoms with Crippen LogP contribution in [0.1, 0.15) is 22.0 Å². The third-order valence-corrected chi connectivity index (χ3v) is 4.95. The minimum atomic E-state index is -1.06. The summed E-state index contributed by atoms with van der Waals surface area (Å²) in [5.74, 6) is 1.08. The summed E-state index contributed by atoms with van der Waals surface area (Å²) in [5, 5.41) is 0. The van der Waals surface area contributed by atoms with Crippen LogP contribution in [0.2, 0.25) is 0 Å². The monoisotopic (exact) mass is 387 g/mol. The fourth-order valence-electron chi connectivity index (χ4n) is 3.40. The van der Waals surface area contributed by atoms with Gasteiger partial charge in [0.1, 0.15) is 30.5 Å². The summed E-state index contributed by atoms with van der Waals surface area (Å²) in [5.41, 5.74) is 1.86. The fourth-order valence-corrected chi connectivity index (χ4v) is 3.40. The molecule has 2 unspecified atom stereocenters. The molecule has 1 N–H and O–H groups in total. The van der Waals surface area contributed by atoms with Crippen molar-refractivity contribution in [3.63, 3.8) is 0 Å². The first kappa shape index (κ1) is 18.6. The predicted molar refractivity (Wildman–Crippen MR) is 99.4 cm³/mol. The molecule has 0 bridgehead atoms. The van der Waals surface area contributed by atoms with Crippen molar-refractivity contribution in [3.8, 4) is 0 Å². The number of imidazole rings is 2. The molecule has 3 heterocycles. The number of halogens is 1. The quantitative estimate of drug-likeness (QED) is 0.650. The van der Waals surface area contributed by atoms with Crippen LogP contribution in [0, 0.1) is 0 Å². The number of alkyl halides is 1. The predicted octanol–water partition coefficient (Wildman–Crippen LogP) is 1.82. The standard InChI is InChI=1S/C19H22FN5O3/c1-24-6-5-21-18(24)10-25-8-13(20)16(9-25)28-11-17-22-14-4-3-12(19(26)27-2)7-15(14)23-17/h3-7,13,16H,8-11H2,1-2H3,(H,22,23). The number of H-pyrrole nitrogens is 1. The van der Waals surface area contributed by atoms with Crippen LogP contribution in [0.15, 0.2) is 30.6 Å². The number of likely N-dealkylation sites (tertiary alicyclic amines) is 1. The normalized spacial score (nSPS) is 20.1. The van der Waals surface area contributed by atoms with Crippen LogP contribution in [0.3, 0.4) is 0 Å². The van der Waals surface area contributed by atoms with Crippen molar-refractivity contribution in [2.45, 2.75) is 25.4 Å². The third-order valence-electron chi connectivity index (χ3n) is 4.95. The van der Waals surface area contributed by atoms with Crippen LogP contribution in [0.5, 0.6) is 0 Å². The zero-order valence-corrected chi connectivity index (χ0v) is 15.8. The molecule has 1 aromatic carbocycles. The summed E-state index contributed by atoms with van der Waals surface area (Å²) in [6.07, 6.45) is 2.04. The lowest BCUT2D eigenvalue weighted by Gasteiger charge is -2.15. The van der Waals surface area contributed by atoms with Gasteiger partial charge in [0.25, 0.3) is 0 Å². The van der Waals surface area contributed by atoms with Crippen molar-refractivity contribution in [1.82, 2.24) is 24.4 Å². The Kier molecular flexibility index (Phi) is 5.10. The average Bonchev–Trinajstić information content (AvgIpc) is 3.38. The summed E-state index contributed by atoms with van der Waals surface area (Å²) in [4.78, 5) is 25.5. The van der Waals surface area contributed by atoms with E-state index in [9.17, 15) is 9.18 Å². The van der Waals surface area contributed by atoms with Crippen LogP contribution < -0.4 is 0 Å². The van der Waals surface area contributed by atoms with Gasteiger partial charge >= 0.3 is 5.97 Å². The van der Waals surface area contributed by atoms with Crippen LogP contribution >= 0.6 is 0 Å². The second-order valence-electron chi connectivity index (χ2n) is 6.92. The lowest BCUT2D eigenvalue weighted by molar-refractivity contribution is 0.00857. The van der Waals surface area contributed by atoms with E-state index in [0.29, 0.717) is 42.1 Å². The highest BCUT2D eigenvalue weighted by Gasteiger charge is 2.34. The number of ether oxygens (including phenoxy) is 2. The van der Waals surface area contributed by atoms with E-state index in [4.69, 9.17) is 9.47 Å². The Morgan fingerprint density at radius 3 is 3.00 bits per heavy atom. The van der Waals surface area contributed by atoms with E-state index in [1.54, 1.807) is 24.4 Å². The Labute approximate surface area is 161 Å². The van der Waals surface area contributed by atoms with Crippen molar-refractivity contribution in [2.24, 2.45) is 7.05 Å². The Hall–Kier alpha value is -2.78. The van der Waals surface area contributed by atoms with Gasteiger partial charge in [-0.1, -0.05) is 0 Å². The number of carbonyl (C=O) groups is 1. The van der Waals surface area contributed by atoms with E-state index in [1.165, 1.54) is 7.11 Å². The lowest BCUT2D eigenvalue weighted by atomic mass is 10.2. The van der Waals surface area contributed by atoms with Gasteiger partial charge in [-0.2, -0.15) is 0 Å². The maximum absolute atomic E-state index is 14.4. The fraction of sp³-hybridized carbons (Fsp3) is 0.421. The Morgan fingerprint density at radius 2 is 2.25 bits per heavy atom. The maximum Gasteiger partial charge on any atom is 0.337 e. The smallest absolute Gasteiger partial charge is 0.337 e. The lowest BCUT2D eigenvalue weighted by Crippen LogP contribution is -2.25. The SMILES string of the molecule is COC(=O)c1ccc2nc(COC3CN(Cc4nccn4C)CC3F)[nH]c2c1. The van der Waals surface area contributed by atoms with Gasteiger partial charge in [0, 0.05) is 32.5 Å². The topological polar surface area (TPSA) is 85.3 Å². The first-order chi connectivity index (χ1) is 13.5.